The average molecular weight is 867 g/mol. The second kappa shape index (κ2) is 24.6. The van der Waals surface area contributed by atoms with Gasteiger partial charge in [0, 0.05) is 23.8 Å². The van der Waals surface area contributed by atoms with E-state index in [0.717, 1.165) is 76.2 Å². The van der Waals surface area contributed by atoms with Gasteiger partial charge in [-0.3, -0.25) is 0 Å². The van der Waals surface area contributed by atoms with Gasteiger partial charge in [-0.2, -0.15) is 0 Å². The summed E-state index contributed by atoms with van der Waals surface area (Å²) >= 11 is 0. The van der Waals surface area contributed by atoms with Crippen molar-refractivity contribution in [1.29, 1.82) is 0 Å². The molecule has 0 atom stereocenters. The molecule has 0 bridgehead atoms. The van der Waals surface area contributed by atoms with E-state index in [1.54, 1.807) is 0 Å². The van der Waals surface area contributed by atoms with E-state index in [1.165, 1.54) is 104 Å². The molecule has 0 aromatic rings. The Morgan fingerprint density at radius 3 is 0.771 bits per heavy atom. The van der Waals surface area contributed by atoms with Crippen molar-refractivity contribution < 1.29 is 71.8 Å². The zero-order chi connectivity index (χ0) is 31.7. The van der Waals surface area contributed by atoms with Crippen LogP contribution in [0.3, 0.4) is 0 Å². The fraction of sp³-hybridized carbons (Fsp3) is 0.857. The molecule has 270 valence electrons. The fourth-order valence-corrected chi connectivity index (χ4v) is 5.77. The molecule has 8 rings (SSSR count). The van der Waals surface area contributed by atoms with Crippen molar-refractivity contribution in [2.45, 2.75) is 51.4 Å². The minimum atomic E-state index is -6.00. The van der Waals surface area contributed by atoms with Crippen LogP contribution in [0.4, 0.5) is 17.3 Å². The third-order valence-corrected chi connectivity index (χ3v) is 7.85. The van der Waals surface area contributed by atoms with Crippen LogP contribution in [-0.4, -0.2) is 155 Å². The van der Waals surface area contributed by atoms with Crippen molar-refractivity contribution in [2.75, 3.05) is 105 Å². The van der Waals surface area contributed by atoms with Crippen molar-refractivity contribution >= 4 is 31.1 Å². The van der Waals surface area contributed by atoms with Crippen LogP contribution >= 0.6 is 0 Å². The summed E-state index contributed by atoms with van der Waals surface area (Å²) in [4.78, 5) is 26.4. The number of hydrogen-bond donors (Lipinski definition) is 0. The topological polar surface area (TPSA) is 119 Å². The molecule has 8 aliphatic heterocycles. The molecule has 0 aliphatic carbocycles. The van der Waals surface area contributed by atoms with Gasteiger partial charge in [0.05, 0.1) is 0 Å². The summed E-state index contributed by atoms with van der Waals surface area (Å²) in [7, 11) is -6.00. The van der Waals surface area contributed by atoms with E-state index < -0.39 is 7.25 Å². The van der Waals surface area contributed by atoms with Crippen LogP contribution in [0.2, 0.25) is 0 Å². The molecule has 8 aliphatic rings. The third kappa shape index (κ3) is 17.0. The molecule has 0 aromatic carbocycles. The van der Waals surface area contributed by atoms with Gasteiger partial charge < -0.3 is 90.5 Å². The predicted octanol–water partition coefficient (Wildman–Crippen LogP) is 1.60. The van der Waals surface area contributed by atoms with E-state index >= 15 is 0 Å². The van der Waals surface area contributed by atoms with Crippen LogP contribution in [0.5, 0.6) is 0 Å². The SMILES string of the molecule is C1CN=C2[N-]CCCN2C1.C1CN=C2[N-]CCCN2C1.C1CN=C2[N-]CCCN2C1.C1CN=C2[N-]CCCN2C1.F[B-](F)(F)F.[Cl-].[Mo+3].[Mo+3]. The monoisotopic (exact) mass is 870 g/mol. The van der Waals surface area contributed by atoms with Gasteiger partial charge in [-0.25, -0.2) is 0 Å². The second-order valence-electron chi connectivity index (χ2n) is 11.5. The van der Waals surface area contributed by atoms with Gasteiger partial charge in [-0.05, 0) is 156 Å². The van der Waals surface area contributed by atoms with Crippen molar-refractivity contribution in [3.05, 3.63) is 21.3 Å². The molecular weight excluding hydrogens is 819 g/mol. The van der Waals surface area contributed by atoms with Crippen LogP contribution in [0.25, 0.3) is 21.3 Å². The summed E-state index contributed by atoms with van der Waals surface area (Å²) in [5.74, 6) is 4.05. The molecule has 20 heteroatoms. The summed E-state index contributed by atoms with van der Waals surface area (Å²) in [6.07, 6.45) is 9.66. The Morgan fingerprint density at radius 2 is 0.583 bits per heavy atom. The number of halogens is 5. The third-order valence-electron chi connectivity index (χ3n) is 7.85. The van der Waals surface area contributed by atoms with Crippen LogP contribution in [-0.2, 0) is 42.1 Å². The Kier molecular flexibility index (Phi) is 22.9. The smallest absolute Gasteiger partial charge is 1.00 e. The molecule has 0 N–H and O–H groups in total. The summed E-state index contributed by atoms with van der Waals surface area (Å²) in [6.45, 7) is 17.2. The number of nitrogens with zero attached hydrogens (tertiary/aromatic N) is 12. The van der Waals surface area contributed by atoms with E-state index in [4.69, 9.17) is 0 Å². The maximum Gasteiger partial charge on any atom is 3.00 e. The van der Waals surface area contributed by atoms with E-state index in [1.807, 2.05) is 0 Å². The Labute approximate surface area is 318 Å². The fourth-order valence-electron chi connectivity index (χ4n) is 5.77. The van der Waals surface area contributed by atoms with Gasteiger partial charge in [-0.15, -0.1) is 0 Å². The predicted molar refractivity (Wildman–Crippen MR) is 176 cm³/mol. The first-order valence-corrected chi connectivity index (χ1v) is 16.6. The van der Waals surface area contributed by atoms with Gasteiger partial charge in [0.25, 0.3) is 0 Å². The Bertz CT molecular complexity index is 877. The molecule has 0 amide bonds. The van der Waals surface area contributed by atoms with Gasteiger partial charge in [0.15, 0.2) is 0 Å². The van der Waals surface area contributed by atoms with Gasteiger partial charge in [0.2, 0.25) is 0 Å². The molecule has 4 fully saturated rings. The zero-order valence-electron chi connectivity index (χ0n) is 27.6. The minimum Gasteiger partial charge on any atom is -1.00 e. The molecular formula is C28H48BClF4Mo2N12. The first kappa shape index (κ1) is 44.6. The molecule has 8 heterocycles. The Balaban J connectivity index is 0.000000300. The molecule has 2 radical (unpaired) electrons. The Hall–Kier alpha value is -1.47. The average Bonchev–Trinajstić information content (AvgIpc) is 3.09. The normalized spacial score (nSPS) is 21.9. The summed E-state index contributed by atoms with van der Waals surface area (Å²) in [5, 5.41) is 17.3. The van der Waals surface area contributed by atoms with Crippen LogP contribution in [0.15, 0.2) is 20.0 Å². The molecule has 48 heavy (non-hydrogen) atoms. The summed E-state index contributed by atoms with van der Waals surface area (Å²) in [6, 6.07) is 0. The van der Waals surface area contributed by atoms with Gasteiger partial charge in [0.1, 0.15) is 0 Å². The summed E-state index contributed by atoms with van der Waals surface area (Å²) < 4.78 is 39.0. The standard InChI is InChI=1S/4C7H12N3.BF4.ClH.2Mo/c4*1-3-8-7-9-4-2-6-10(7)5-1;2-1(3,4)5;;;/h4*1-6H2;;1H;;/q5*-1;;2*+3/p-1. The first-order chi connectivity index (χ1) is 21.9. The number of guanidine groups is 4. The van der Waals surface area contributed by atoms with E-state index in [0.29, 0.717) is 0 Å². The van der Waals surface area contributed by atoms with E-state index in [2.05, 4.69) is 60.8 Å². The first-order valence-electron chi connectivity index (χ1n) is 16.6. The van der Waals surface area contributed by atoms with Crippen molar-refractivity contribution in [3.8, 4) is 0 Å². The largest absolute Gasteiger partial charge is 3.00 e. The number of hydrogen-bond acceptors (Lipinski definition) is 8. The molecule has 0 spiro atoms. The number of rotatable bonds is 0. The van der Waals surface area contributed by atoms with E-state index in [9.17, 15) is 17.3 Å². The van der Waals surface area contributed by atoms with E-state index in [-0.39, 0.29) is 54.5 Å². The maximum atomic E-state index is 9.75. The van der Waals surface area contributed by atoms with Crippen molar-refractivity contribution in [3.63, 3.8) is 0 Å². The molecule has 0 aromatic heterocycles. The number of aliphatic imine (C=N–C) groups is 4. The van der Waals surface area contributed by atoms with Gasteiger partial charge >= 0.3 is 49.4 Å². The minimum absolute atomic E-state index is 0. The van der Waals surface area contributed by atoms with Crippen molar-refractivity contribution in [1.82, 2.24) is 19.6 Å². The van der Waals surface area contributed by atoms with Crippen LogP contribution in [0, 0.1) is 0 Å². The van der Waals surface area contributed by atoms with Crippen molar-refractivity contribution in [2.24, 2.45) is 20.0 Å². The van der Waals surface area contributed by atoms with Gasteiger partial charge in [-0.1, -0.05) is 0 Å². The summed E-state index contributed by atoms with van der Waals surface area (Å²) in [5.41, 5.74) is 0. The molecule has 12 nitrogen and oxygen atoms in total. The zero-order valence-corrected chi connectivity index (χ0v) is 32.4. The maximum absolute atomic E-state index is 9.75. The number of fused-ring (bicyclic) bond motifs is 4. The molecule has 0 saturated carbocycles. The molecule has 4 saturated heterocycles. The van der Waals surface area contributed by atoms with Crippen LogP contribution < -0.4 is 12.4 Å². The quantitative estimate of drug-likeness (QED) is 0.272. The molecule has 0 unspecified atom stereocenters. The second-order valence-corrected chi connectivity index (χ2v) is 11.5. The van der Waals surface area contributed by atoms with Crippen LogP contribution in [0.1, 0.15) is 51.4 Å². The Morgan fingerprint density at radius 1 is 0.396 bits per heavy atom.